The summed E-state index contributed by atoms with van der Waals surface area (Å²) in [6.07, 6.45) is -8.75. The summed E-state index contributed by atoms with van der Waals surface area (Å²) < 4.78 is 92.6. The van der Waals surface area contributed by atoms with Crippen molar-refractivity contribution in [2.75, 3.05) is 24.0 Å². The van der Waals surface area contributed by atoms with Gasteiger partial charge in [-0.2, -0.15) is 26.3 Å². The lowest BCUT2D eigenvalue weighted by atomic mass is 10.1. The van der Waals surface area contributed by atoms with Crippen LogP contribution < -0.4 is 15.9 Å². The minimum Gasteiger partial charge on any atom is -0.341 e. The van der Waals surface area contributed by atoms with E-state index in [9.17, 15) is 30.9 Å². The van der Waals surface area contributed by atoms with Crippen molar-refractivity contribution in [3.05, 3.63) is 77.6 Å². The lowest BCUT2D eigenvalue weighted by Gasteiger charge is -2.18. The number of aryl methyl sites for hydroxylation is 1. The molecule has 0 fully saturated rings. The molecule has 4 nitrogen and oxygen atoms in total. The van der Waals surface area contributed by atoms with Gasteiger partial charge in [-0.3, -0.25) is 0 Å². The maximum atomic E-state index is 13.6. The van der Waals surface area contributed by atoms with Gasteiger partial charge in [0.25, 0.3) is 0 Å². The van der Waals surface area contributed by atoms with E-state index in [-0.39, 0.29) is 17.1 Å². The highest BCUT2D eigenvalue weighted by Crippen LogP contribution is 2.35. The number of anilines is 2. The highest BCUT2D eigenvalue weighted by atomic mass is 31.2. The summed E-state index contributed by atoms with van der Waals surface area (Å²) in [5, 5.41) is 5.69. The highest BCUT2D eigenvalue weighted by Gasteiger charge is 2.37. The average Bonchev–Trinajstić information content (AvgIpc) is 2.67. The molecule has 0 aliphatic heterocycles. The van der Waals surface area contributed by atoms with E-state index in [0.717, 1.165) is 25.1 Å². The molecule has 2 aromatic rings. The van der Waals surface area contributed by atoms with Crippen LogP contribution in [0.2, 0.25) is 0 Å². The number of nitrogens with zero attached hydrogens (tertiary/aromatic N) is 1. The number of nitrogens with one attached hydrogen (secondary N) is 2. The standard InChI is InChI=1S/C23H24F6N3OP/c1-6-19(22(24,25)26)21(32-17-8-7-14(2)20(13-17)23(27,28)29)31-15(3)30-16-9-11-18(12-10-16)34(4,5)33/h6-13,30H,3H2,1-2,4-5H3,(H,31,32)/b19-6+. The summed E-state index contributed by atoms with van der Waals surface area (Å²) >= 11 is 0. The summed E-state index contributed by atoms with van der Waals surface area (Å²) in [7, 11) is -2.49. The fourth-order valence-electron chi connectivity index (χ4n) is 2.97. The molecule has 0 radical (unpaired) electrons. The normalized spacial score (nSPS) is 13.6. The van der Waals surface area contributed by atoms with Crippen LogP contribution in [0.15, 0.2) is 71.5 Å². The van der Waals surface area contributed by atoms with Crippen LogP contribution in [0.5, 0.6) is 0 Å². The summed E-state index contributed by atoms with van der Waals surface area (Å²) in [6, 6.07) is 9.45. The van der Waals surface area contributed by atoms with Gasteiger partial charge in [0.1, 0.15) is 18.8 Å². The first-order chi connectivity index (χ1) is 15.5. The smallest absolute Gasteiger partial charge is 0.341 e. The van der Waals surface area contributed by atoms with Crippen LogP contribution in [-0.2, 0) is 10.7 Å². The van der Waals surface area contributed by atoms with E-state index in [1.807, 2.05) is 0 Å². The number of benzene rings is 2. The maximum Gasteiger partial charge on any atom is 0.419 e. The zero-order valence-corrected chi connectivity index (χ0v) is 19.8. The van der Waals surface area contributed by atoms with E-state index in [2.05, 4.69) is 22.2 Å². The quantitative estimate of drug-likeness (QED) is 0.190. The topological polar surface area (TPSA) is 53.5 Å². The lowest BCUT2D eigenvalue weighted by Crippen LogP contribution is -2.26. The molecule has 0 unspecified atom stereocenters. The Morgan fingerprint density at radius 3 is 2.00 bits per heavy atom. The Hall–Kier alpha value is -3.00. The van der Waals surface area contributed by atoms with Gasteiger partial charge in [0, 0.05) is 16.7 Å². The molecule has 0 spiro atoms. The first-order valence-electron chi connectivity index (χ1n) is 9.91. The van der Waals surface area contributed by atoms with Crippen LogP contribution in [0.4, 0.5) is 37.7 Å². The van der Waals surface area contributed by atoms with E-state index < -0.39 is 36.5 Å². The van der Waals surface area contributed by atoms with Gasteiger partial charge in [0.15, 0.2) is 0 Å². The zero-order valence-electron chi connectivity index (χ0n) is 18.9. The number of rotatable bonds is 6. The van der Waals surface area contributed by atoms with Crippen molar-refractivity contribution in [3.63, 3.8) is 0 Å². The molecule has 2 aromatic carbocycles. The summed E-state index contributed by atoms with van der Waals surface area (Å²) in [6.45, 7) is 9.19. The minimum atomic E-state index is -4.83. The van der Waals surface area contributed by atoms with Gasteiger partial charge in [-0.05, 0) is 69.1 Å². The molecule has 0 amide bonds. The molecule has 0 saturated carbocycles. The molecule has 0 atom stereocenters. The van der Waals surface area contributed by atoms with Gasteiger partial charge < -0.3 is 15.2 Å². The molecule has 0 bridgehead atoms. The van der Waals surface area contributed by atoms with Crippen LogP contribution in [0.1, 0.15) is 18.1 Å². The Balaban J connectivity index is 2.41. The summed E-state index contributed by atoms with van der Waals surface area (Å²) in [5.74, 6) is -0.925. The van der Waals surface area contributed by atoms with Gasteiger partial charge in [-0.25, -0.2) is 4.99 Å². The van der Waals surface area contributed by atoms with Gasteiger partial charge in [-0.15, -0.1) is 0 Å². The monoisotopic (exact) mass is 503 g/mol. The van der Waals surface area contributed by atoms with E-state index in [0.29, 0.717) is 11.0 Å². The molecule has 34 heavy (non-hydrogen) atoms. The molecular weight excluding hydrogens is 479 g/mol. The molecule has 0 aliphatic carbocycles. The molecular formula is C23H24F6N3OP. The van der Waals surface area contributed by atoms with Crippen molar-refractivity contribution in [3.8, 4) is 0 Å². The van der Waals surface area contributed by atoms with E-state index in [4.69, 9.17) is 0 Å². The van der Waals surface area contributed by atoms with Crippen LogP contribution >= 0.6 is 7.14 Å². The molecule has 11 heteroatoms. The predicted octanol–water partition coefficient (Wildman–Crippen LogP) is 7.16. The van der Waals surface area contributed by atoms with Gasteiger partial charge in [0.05, 0.1) is 11.1 Å². The van der Waals surface area contributed by atoms with Crippen LogP contribution in [-0.4, -0.2) is 25.3 Å². The average molecular weight is 503 g/mol. The highest BCUT2D eigenvalue weighted by molar-refractivity contribution is 7.70. The van der Waals surface area contributed by atoms with Crippen molar-refractivity contribution >= 4 is 29.7 Å². The van der Waals surface area contributed by atoms with Crippen LogP contribution in [0.3, 0.4) is 0 Å². The van der Waals surface area contributed by atoms with Gasteiger partial charge in [0.2, 0.25) is 0 Å². The third kappa shape index (κ3) is 7.25. The Bertz CT molecular complexity index is 1160. The third-order valence-electron chi connectivity index (χ3n) is 4.68. The first kappa shape index (κ1) is 27.2. The van der Waals surface area contributed by atoms with Crippen molar-refractivity contribution in [2.45, 2.75) is 26.2 Å². The molecule has 0 heterocycles. The van der Waals surface area contributed by atoms with Crippen molar-refractivity contribution in [2.24, 2.45) is 4.99 Å². The Labute approximate surface area is 193 Å². The minimum absolute atomic E-state index is 0.0724. The fourth-order valence-corrected chi connectivity index (χ4v) is 3.83. The molecule has 0 aliphatic rings. The Kier molecular flexibility index (Phi) is 8.09. The summed E-state index contributed by atoms with van der Waals surface area (Å²) in [5.41, 5.74) is -2.03. The predicted molar refractivity (Wildman–Crippen MR) is 125 cm³/mol. The fraction of sp³-hybridized carbons (Fsp3) is 0.261. The number of aliphatic imine (C=N–C) groups is 1. The van der Waals surface area contributed by atoms with Crippen molar-refractivity contribution in [1.82, 2.24) is 0 Å². The lowest BCUT2D eigenvalue weighted by molar-refractivity contribution is -0.138. The van der Waals surface area contributed by atoms with E-state index >= 15 is 0 Å². The largest absolute Gasteiger partial charge is 0.419 e. The Morgan fingerprint density at radius 2 is 1.53 bits per heavy atom. The molecule has 2 N–H and O–H groups in total. The summed E-state index contributed by atoms with van der Waals surface area (Å²) in [4.78, 5) is 3.87. The first-order valence-corrected chi connectivity index (χ1v) is 12.5. The molecule has 0 aromatic heterocycles. The maximum absolute atomic E-state index is 13.6. The second-order valence-corrected chi connectivity index (χ2v) is 11.0. The number of amidine groups is 1. The SMILES string of the molecule is C=C(/N=C(Nc1ccc(C)c(C(F)(F)F)c1)\C(=C/C)C(F)(F)F)Nc1ccc(P(C)(C)=O)cc1. The molecule has 2 rings (SSSR count). The second-order valence-electron chi connectivity index (χ2n) is 7.78. The second kappa shape index (κ2) is 10.1. The number of hydrogen-bond donors (Lipinski definition) is 2. The van der Waals surface area contributed by atoms with E-state index in [1.165, 1.54) is 13.0 Å². The number of halogens is 6. The molecule has 0 saturated heterocycles. The van der Waals surface area contributed by atoms with Crippen molar-refractivity contribution in [1.29, 1.82) is 0 Å². The number of allylic oxidation sites excluding steroid dienone is 1. The third-order valence-corrected chi connectivity index (χ3v) is 6.22. The van der Waals surface area contributed by atoms with Gasteiger partial charge in [-0.1, -0.05) is 18.7 Å². The van der Waals surface area contributed by atoms with E-state index in [1.54, 1.807) is 37.6 Å². The zero-order chi connectivity index (χ0) is 25.9. The van der Waals surface area contributed by atoms with Crippen LogP contribution in [0, 0.1) is 6.92 Å². The Morgan fingerprint density at radius 1 is 0.971 bits per heavy atom. The van der Waals surface area contributed by atoms with Crippen molar-refractivity contribution < 1.29 is 30.9 Å². The molecule has 184 valence electrons. The number of alkyl halides is 6. The van der Waals surface area contributed by atoms with Gasteiger partial charge >= 0.3 is 12.4 Å². The number of hydrogen-bond acceptors (Lipinski definition) is 3. The van der Waals surface area contributed by atoms with Crippen LogP contribution in [0.25, 0.3) is 0 Å².